The fourth-order valence-electron chi connectivity index (χ4n) is 2.02. The molecule has 1 atom stereocenters. The number of amides is 2. The van der Waals surface area contributed by atoms with Crippen LogP contribution in [0.3, 0.4) is 0 Å². The average Bonchev–Trinajstić information content (AvgIpc) is 2.64. The minimum atomic E-state index is -0.468. The molecule has 0 saturated carbocycles. The van der Waals surface area contributed by atoms with E-state index in [0.717, 1.165) is 39.0 Å². The van der Waals surface area contributed by atoms with Crippen molar-refractivity contribution in [1.82, 2.24) is 20.9 Å². The average molecular weight is 270 g/mol. The molecule has 0 aliphatic carbocycles. The molecular formula is C13H26N4O2. The molecule has 2 amide bonds. The summed E-state index contributed by atoms with van der Waals surface area (Å²) in [7, 11) is 0. The molecule has 19 heavy (non-hydrogen) atoms. The molecule has 0 aromatic rings. The number of hydrogen-bond acceptors (Lipinski definition) is 4. The first-order valence-corrected chi connectivity index (χ1v) is 7.13. The molecule has 1 aliphatic heterocycles. The standard InChI is InChI=1S/C13H26N4O2/c1-3-5-15-13(19)11(2)16-12(18)10-17-8-4-6-14-7-9-17/h11,14H,3-10H2,1-2H3,(H,15,19)(H,16,18). The van der Waals surface area contributed by atoms with E-state index in [2.05, 4.69) is 20.9 Å². The first-order valence-electron chi connectivity index (χ1n) is 7.13. The van der Waals surface area contributed by atoms with E-state index in [-0.39, 0.29) is 11.8 Å². The molecule has 3 N–H and O–H groups in total. The third-order valence-corrected chi connectivity index (χ3v) is 3.12. The molecule has 0 spiro atoms. The van der Waals surface area contributed by atoms with Crippen molar-refractivity contribution in [1.29, 1.82) is 0 Å². The summed E-state index contributed by atoms with van der Waals surface area (Å²) in [4.78, 5) is 25.6. The molecule has 6 heteroatoms. The summed E-state index contributed by atoms with van der Waals surface area (Å²) in [6.07, 6.45) is 1.95. The lowest BCUT2D eigenvalue weighted by Gasteiger charge is -2.20. The molecule has 1 fully saturated rings. The van der Waals surface area contributed by atoms with Gasteiger partial charge in [0.25, 0.3) is 0 Å². The van der Waals surface area contributed by atoms with Crippen molar-refractivity contribution in [2.45, 2.75) is 32.7 Å². The Kier molecular flexibility index (Phi) is 7.43. The van der Waals surface area contributed by atoms with Crippen LogP contribution in [0.4, 0.5) is 0 Å². The van der Waals surface area contributed by atoms with Crippen LogP contribution in [-0.2, 0) is 9.59 Å². The van der Waals surface area contributed by atoms with Gasteiger partial charge >= 0.3 is 0 Å². The highest BCUT2D eigenvalue weighted by Crippen LogP contribution is 1.95. The molecule has 1 heterocycles. The molecule has 0 aromatic heterocycles. The molecule has 1 rings (SSSR count). The van der Waals surface area contributed by atoms with Gasteiger partial charge in [0, 0.05) is 19.6 Å². The Balaban J connectivity index is 2.27. The van der Waals surface area contributed by atoms with E-state index in [9.17, 15) is 9.59 Å². The normalized spacial score (nSPS) is 18.4. The SMILES string of the molecule is CCCNC(=O)C(C)NC(=O)CN1CCCNCC1. The van der Waals surface area contributed by atoms with Gasteiger partial charge in [-0.2, -0.15) is 0 Å². The van der Waals surface area contributed by atoms with E-state index >= 15 is 0 Å². The Morgan fingerprint density at radius 1 is 1.32 bits per heavy atom. The van der Waals surface area contributed by atoms with Crippen molar-refractivity contribution < 1.29 is 9.59 Å². The smallest absolute Gasteiger partial charge is 0.242 e. The van der Waals surface area contributed by atoms with Gasteiger partial charge in [-0.15, -0.1) is 0 Å². The Morgan fingerprint density at radius 2 is 2.11 bits per heavy atom. The quantitative estimate of drug-likeness (QED) is 0.597. The summed E-state index contributed by atoms with van der Waals surface area (Å²) < 4.78 is 0. The molecule has 6 nitrogen and oxygen atoms in total. The van der Waals surface area contributed by atoms with Crippen LogP contribution in [0.1, 0.15) is 26.7 Å². The van der Waals surface area contributed by atoms with Gasteiger partial charge in [-0.25, -0.2) is 0 Å². The number of carbonyl (C=O) groups excluding carboxylic acids is 2. The van der Waals surface area contributed by atoms with E-state index < -0.39 is 6.04 Å². The van der Waals surface area contributed by atoms with Crippen molar-refractivity contribution in [3.63, 3.8) is 0 Å². The molecule has 1 unspecified atom stereocenters. The summed E-state index contributed by atoms with van der Waals surface area (Å²) in [5.74, 6) is -0.200. The van der Waals surface area contributed by atoms with Gasteiger partial charge in [-0.05, 0) is 32.9 Å². The second-order valence-electron chi connectivity index (χ2n) is 4.96. The van der Waals surface area contributed by atoms with E-state index in [1.807, 2.05) is 6.92 Å². The summed E-state index contributed by atoms with van der Waals surface area (Å²) >= 11 is 0. The van der Waals surface area contributed by atoms with Gasteiger partial charge in [0.1, 0.15) is 6.04 Å². The zero-order valence-electron chi connectivity index (χ0n) is 12.0. The second kappa shape index (κ2) is 8.87. The van der Waals surface area contributed by atoms with E-state index in [1.54, 1.807) is 6.92 Å². The molecule has 1 aliphatic rings. The lowest BCUT2D eigenvalue weighted by Crippen LogP contribution is -2.48. The lowest BCUT2D eigenvalue weighted by atomic mass is 10.3. The predicted octanol–water partition coefficient (Wildman–Crippen LogP) is -0.687. The van der Waals surface area contributed by atoms with Crippen LogP contribution in [0, 0.1) is 0 Å². The van der Waals surface area contributed by atoms with Crippen molar-refractivity contribution in [3.05, 3.63) is 0 Å². The van der Waals surface area contributed by atoms with Crippen molar-refractivity contribution >= 4 is 11.8 Å². The molecule has 0 aromatic carbocycles. The van der Waals surface area contributed by atoms with Crippen molar-refractivity contribution in [3.8, 4) is 0 Å². The largest absolute Gasteiger partial charge is 0.354 e. The van der Waals surface area contributed by atoms with Gasteiger partial charge in [0.05, 0.1) is 6.54 Å². The van der Waals surface area contributed by atoms with E-state index in [4.69, 9.17) is 0 Å². The first-order chi connectivity index (χ1) is 9.13. The maximum Gasteiger partial charge on any atom is 0.242 e. The number of hydrogen-bond donors (Lipinski definition) is 3. The zero-order chi connectivity index (χ0) is 14.1. The predicted molar refractivity (Wildman–Crippen MR) is 74.8 cm³/mol. The summed E-state index contributed by atoms with van der Waals surface area (Å²) in [5.41, 5.74) is 0. The van der Waals surface area contributed by atoms with Gasteiger partial charge in [0.2, 0.25) is 11.8 Å². The van der Waals surface area contributed by atoms with Gasteiger partial charge in [-0.3, -0.25) is 14.5 Å². The van der Waals surface area contributed by atoms with Gasteiger partial charge in [-0.1, -0.05) is 6.92 Å². The Hall–Kier alpha value is -1.14. The number of nitrogens with zero attached hydrogens (tertiary/aromatic N) is 1. The van der Waals surface area contributed by atoms with Crippen LogP contribution in [-0.4, -0.2) is 62.0 Å². The maximum atomic E-state index is 11.9. The third-order valence-electron chi connectivity index (χ3n) is 3.12. The van der Waals surface area contributed by atoms with Crippen molar-refractivity contribution in [2.24, 2.45) is 0 Å². The molecule has 110 valence electrons. The molecule has 0 bridgehead atoms. The monoisotopic (exact) mass is 270 g/mol. The fraction of sp³-hybridized carbons (Fsp3) is 0.846. The Bertz CT molecular complexity index is 288. The molecule has 0 radical (unpaired) electrons. The van der Waals surface area contributed by atoms with Crippen LogP contribution in [0.2, 0.25) is 0 Å². The summed E-state index contributed by atoms with van der Waals surface area (Å²) in [5, 5.41) is 8.81. The van der Waals surface area contributed by atoms with Crippen LogP contribution >= 0.6 is 0 Å². The highest BCUT2D eigenvalue weighted by Gasteiger charge is 2.17. The second-order valence-corrected chi connectivity index (χ2v) is 4.96. The van der Waals surface area contributed by atoms with Gasteiger partial charge in [0.15, 0.2) is 0 Å². The van der Waals surface area contributed by atoms with E-state index in [1.165, 1.54) is 0 Å². The summed E-state index contributed by atoms with van der Waals surface area (Å²) in [6.45, 7) is 8.46. The Labute approximate surface area is 115 Å². The molecular weight excluding hydrogens is 244 g/mol. The van der Waals surface area contributed by atoms with Crippen LogP contribution in [0.25, 0.3) is 0 Å². The van der Waals surface area contributed by atoms with Crippen LogP contribution in [0.5, 0.6) is 0 Å². The number of nitrogens with one attached hydrogen (secondary N) is 3. The van der Waals surface area contributed by atoms with Crippen LogP contribution < -0.4 is 16.0 Å². The minimum Gasteiger partial charge on any atom is -0.354 e. The maximum absolute atomic E-state index is 11.9. The third kappa shape index (κ3) is 6.54. The van der Waals surface area contributed by atoms with E-state index in [0.29, 0.717) is 13.1 Å². The fourth-order valence-corrected chi connectivity index (χ4v) is 2.02. The summed E-state index contributed by atoms with van der Waals surface area (Å²) in [6, 6.07) is -0.468. The van der Waals surface area contributed by atoms with Crippen LogP contribution in [0.15, 0.2) is 0 Å². The highest BCUT2D eigenvalue weighted by atomic mass is 16.2. The van der Waals surface area contributed by atoms with Gasteiger partial charge < -0.3 is 16.0 Å². The minimum absolute atomic E-state index is 0.0824. The Morgan fingerprint density at radius 3 is 2.84 bits per heavy atom. The lowest BCUT2D eigenvalue weighted by molar-refractivity contribution is -0.129. The molecule has 1 saturated heterocycles. The highest BCUT2D eigenvalue weighted by molar-refractivity contribution is 5.87. The van der Waals surface area contributed by atoms with Crippen molar-refractivity contribution in [2.75, 3.05) is 39.3 Å². The number of carbonyl (C=O) groups is 2. The zero-order valence-corrected chi connectivity index (χ0v) is 12.0. The number of rotatable bonds is 6. The topological polar surface area (TPSA) is 73.5 Å². The first kappa shape index (κ1) is 15.9.